The molecule has 1 unspecified atom stereocenters. The lowest BCUT2D eigenvalue weighted by Gasteiger charge is -2.12. The van der Waals surface area contributed by atoms with Gasteiger partial charge in [0, 0.05) is 19.2 Å². The van der Waals surface area contributed by atoms with Crippen LogP contribution < -0.4 is 0 Å². The van der Waals surface area contributed by atoms with Crippen LogP contribution in [0.1, 0.15) is 21.8 Å². The maximum Gasteiger partial charge on any atom is 0.185 e. The minimum Gasteiger partial charge on any atom is -0.292 e. The second-order valence-electron chi connectivity index (χ2n) is 4.19. The molecular formula is C15H7BrClFINO. The lowest BCUT2D eigenvalue weighted by Crippen LogP contribution is -2.14. The first-order valence-corrected chi connectivity index (χ1v) is 8.03. The van der Waals surface area contributed by atoms with Crippen LogP contribution in [0, 0.1) is 20.7 Å². The van der Waals surface area contributed by atoms with Crippen LogP contribution in [0.2, 0.25) is 5.02 Å². The van der Waals surface area contributed by atoms with E-state index in [1.807, 2.05) is 28.7 Å². The van der Waals surface area contributed by atoms with Gasteiger partial charge < -0.3 is 0 Å². The van der Waals surface area contributed by atoms with Crippen LogP contribution in [0.4, 0.5) is 4.39 Å². The second-order valence-corrected chi connectivity index (χ2v) is 6.68. The molecule has 0 aliphatic rings. The van der Waals surface area contributed by atoms with E-state index >= 15 is 0 Å². The fourth-order valence-electron chi connectivity index (χ4n) is 1.85. The van der Waals surface area contributed by atoms with Crippen molar-refractivity contribution in [3.05, 3.63) is 66.4 Å². The molecule has 2 nitrogen and oxygen atoms in total. The topological polar surface area (TPSA) is 40.9 Å². The standard InChI is InChI=1S/C15H7BrClFINO/c16-8-4-5-13(19)10(6-8)15(21)11(7-20)9-2-1-3-12(17)14(9)18/h1-6,11H. The molecule has 1 atom stereocenters. The van der Waals surface area contributed by atoms with Crippen molar-refractivity contribution in [1.82, 2.24) is 0 Å². The van der Waals surface area contributed by atoms with Crippen LogP contribution in [-0.2, 0) is 0 Å². The molecule has 0 fully saturated rings. The van der Waals surface area contributed by atoms with Gasteiger partial charge in [-0.05, 0) is 46.9 Å². The summed E-state index contributed by atoms with van der Waals surface area (Å²) in [6, 6.07) is 11.3. The van der Waals surface area contributed by atoms with Crippen LogP contribution in [-0.4, -0.2) is 5.78 Å². The molecule has 0 spiro atoms. The van der Waals surface area contributed by atoms with E-state index in [4.69, 9.17) is 11.6 Å². The van der Waals surface area contributed by atoms with Gasteiger partial charge in [0.25, 0.3) is 0 Å². The zero-order chi connectivity index (χ0) is 15.6. The van der Waals surface area contributed by atoms with Crippen molar-refractivity contribution in [2.45, 2.75) is 5.92 Å². The van der Waals surface area contributed by atoms with Crippen molar-refractivity contribution >= 4 is 55.9 Å². The van der Waals surface area contributed by atoms with Crippen molar-refractivity contribution in [2.75, 3.05) is 0 Å². The molecule has 2 aromatic carbocycles. The summed E-state index contributed by atoms with van der Waals surface area (Å²) in [5.74, 6) is -2.42. The summed E-state index contributed by atoms with van der Waals surface area (Å²) in [7, 11) is 0. The molecule has 2 aromatic rings. The first kappa shape index (κ1) is 16.4. The number of nitrogens with zero attached hydrogens (tertiary/aromatic N) is 1. The Bertz CT molecular complexity index is 760. The zero-order valence-corrected chi connectivity index (χ0v) is 14.9. The van der Waals surface area contributed by atoms with Gasteiger partial charge in [-0.1, -0.05) is 39.7 Å². The van der Waals surface area contributed by atoms with E-state index in [1.54, 1.807) is 18.2 Å². The van der Waals surface area contributed by atoms with Gasteiger partial charge in [-0.2, -0.15) is 5.26 Å². The van der Waals surface area contributed by atoms with E-state index in [1.165, 1.54) is 18.2 Å². The number of ketones is 1. The lowest BCUT2D eigenvalue weighted by molar-refractivity contribution is 0.0976. The molecule has 2 rings (SSSR count). The Kier molecular flexibility index (Phi) is 5.36. The summed E-state index contributed by atoms with van der Waals surface area (Å²) in [5.41, 5.74) is 0.363. The van der Waals surface area contributed by atoms with Crippen molar-refractivity contribution in [3.63, 3.8) is 0 Å². The predicted octanol–water partition coefficient (Wildman–Crippen LogP) is 5.34. The molecule has 21 heavy (non-hydrogen) atoms. The highest BCUT2D eigenvalue weighted by Gasteiger charge is 2.27. The van der Waals surface area contributed by atoms with E-state index in [2.05, 4.69) is 15.9 Å². The number of carbonyl (C=O) groups excluding carboxylic acids is 1. The van der Waals surface area contributed by atoms with Crippen molar-refractivity contribution in [1.29, 1.82) is 5.26 Å². The number of benzene rings is 2. The molecule has 0 aliphatic heterocycles. The van der Waals surface area contributed by atoms with Gasteiger partial charge in [-0.3, -0.25) is 4.79 Å². The largest absolute Gasteiger partial charge is 0.292 e. The first-order chi connectivity index (χ1) is 9.95. The highest BCUT2D eigenvalue weighted by Crippen LogP contribution is 2.29. The van der Waals surface area contributed by atoms with Gasteiger partial charge in [0.05, 0.1) is 11.1 Å². The molecule has 0 heterocycles. The summed E-state index contributed by atoms with van der Waals surface area (Å²) >= 11 is 11.0. The Balaban J connectivity index is 2.52. The van der Waals surface area contributed by atoms with Gasteiger partial charge in [-0.25, -0.2) is 4.39 Å². The summed E-state index contributed by atoms with van der Waals surface area (Å²) < 4.78 is 15.5. The van der Waals surface area contributed by atoms with Crippen LogP contribution in [0.3, 0.4) is 0 Å². The maximum atomic E-state index is 14.0. The number of Topliss-reactive ketones (excluding diaryl/α,β-unsaturated/α-hetero) is 1. The van der Waals surface area contributed by atoms with Crippen molar-refractivity contribution in [2.24, 2.45) is 0 Å². The molecule has 0 saturated heterocycles. The van der Waals surface area contributed by atoms with Gasteiger partial charge >= 0.3 is 0 Å². The van der Waals surface area contributed by atoms with Gasteiger partial charge in [0.15, 0.2) is 5.78 Å². The van der Waals surface area contributed by atoms with Gasteiger partial charge in [-0.15, -0.1) is 0 Å². The summed E-state index contributed by atoms with van der Waals surface area (Å²) in [4.78, 5) is 12.6. The van der Waals surface area contributed by atoms with E-state index in [9.17, 15) is 14.4 Å². The Morgan fingerprint density at radius 1 is 1.38 bits per heavy atom. The lowest BCUT2D eigenvalue weighted by atomic mass is 9.91. The fourth-order valence-corrected chi connectivity index (χ4v) is 3.00. The molecule has 0 N–H and O–H groups in total. The van der Waals surface area contributed by atoms with E-state index < -0.39 is 17.5 Å². The number of rotatable bonds is 3. The SMILES string of the molecule is N#CC(C(=O)c1cc(Br)ccc1I)c1cccc(Cl)c1F. The summed E-state index contributed by atoms with van der Waals surface area (Å²) in [6.45, 7) is 0. The first-order valence-electron chi connectivity index (χ1n) is 5.78. The second kappa shape index (κ2) is 6.86. The van der Waals surface area contributed by atoms with Crippen LogP contribution >= 0.6 is 50.1 Å². The monoisotopic (exact) mass is 477 g/mol. The quantitative estimate of drug-likeness (QED) is 0.442. The van der Waals surface area contributed by atoms with Gasteiger partial charge in [0.1, 0.15) is 11.7 Å². The Morgan fingerprint density at radius 3 is 2.76 bits per heavy atom. The molecule has 0 aliphatic carbocycles. The molecule has 106 valence electrons. The van der Waals surface area contributed by atoms with Crippen LogP contribution in [0.5, 0.6) is 0 Å². The molecular weight excluding hydrogens is 471 g/mol. The third-order valence-electron chi connectivity index (χ3n) is 2.88. The number of carbonyl (C=O) groups is 1. The van der Waals surface area contributed by atoms with Crippen molar-refractivity contribution in [3.8, 4) is 6.07 Å². The Labute approximate surface area is 148 Å². The molecule has 0 aromatic heterocycles. The smallest absolute Gasteiger partial charge is 0.185 e. The van der Waals surface area contributed by atoms with E-state index in [-0.39, 0.29) is 10.6 Å². The average molecular weight is 478 g/mol. The minimum absolute atomic E-state index is 0.00854. The summed E-state index contributed by atoms with van der Waals surface area (Å²) in [6.07, 6.45) is 0. The normalized spacial score (nSPS) is 11.8. The number of hydrogen-bond acceptors (Lipinski definition) is 2. The molecule has 0 bridgehead atoms. The van der Waals surface area contributed by atoms with Crippen molar-refractivity contribution < 1.29 is 9.18 Å². The maximum absolute atomic E-state index is 14.0. The number of hydrogen-bond donors (Lipinski definition) is 0. The molecule has 0 radical (unpaired) electrons. The number of nitriles is 1. The summed E-state index contributed by atoms with van der Waals surface area (Å²) in [5, 5.41) is 9.19. The average Bonchev–Trinajstić information content (AvgIpc) is 2.46. The highest BCUT2D eigenvalue weighted by molar-refractivity contribution is 14.1. The Hall–Kier alpha value is -0.970. The van der Waals surface area contributed by atoms with Gasteiger partial charge in [0.2, 0.25) is 0 Å². The number of halogens is 4. The van der Waals surface area contributed by atoms with Crippen LogP contribution in [0.15, 0.2) is 40.9 Å². The molecule has 0 amide bonds. The van der Waals surface area contributed by atoms with E-state index in [0.717, 1.165) is 4.47 Å². The predicted molar refractivity (Wildman–Crippen MR) is 91.0 cm³/mol. The molecule has 6 heteroatoms. The van der Waals surface area contributed by atoms with E-state index in [0.29, 0.717) is 9.13 Å². The fraction of sp³-hybridized carbons (Fsp3) is 0.0667. The third-order valence-corrected chi connectivity index (χ3v) is 4.60. The zero-order valence-electron chi connectivity index (χ0n) is 10.4. The Morgan fingerprint density at radius 2 is 2.10 bits per heavy atom. The van der Waals surface area contributed by atoms with Crippen LogP contribution in [0.25, 0.3) is 0 Å². The molecule has 0 saturated carbocycles. The minimum atomic E-state index is -1.23. The highest BCUT2D eigenvalue weighted by atomic mass is 127. The third kappa shape index (κ3) is 3.44.